The molecule has 0 radical (unpaired) electrons. The molecule has 5 aromatic rings. The number of hydrogen-bond donors (Lipinski definition) is 3. The van der Waals surface area contributed by atoms with Crippen LogP contribution in [0.2, 0.25) is 5.02 Å². The van der Waals surface area contributed by atoms with Crippen molar-refractivity contribution < 1.29 is 22.6 Å². The minimum Gasteiger partial charge on any atom is -0.456 e. The van der Waals surface area contributed by atoms with E-state index in [0.717, 1.165) is 11.3 Å². The summed E-state index contributed by atoms with van der Waals surface area (Å²) in [4.78, 5) is 19.3. The Morgan fingerprint density at radius 1 is 1.15 bits per heavy atom. The van der Waals surface area contributed by atoms with Crippen molar-refractivity contribution in [2.24, 2.45) is 0 Å². The summed E-state index contributed by atoms with van der Waals surface area (Å²) in [7, 11) is 3.75. The molecule has 238 valence electrons. The maximum atomic E-state index is 16.8. The molecule has 0 unspecified atom stereocenters. The molecular formula is C30H27ClF3N9O2S. The maximum absolute atomic E-state index is 16.8. The number of nitrogens with zero attached hydrogens (tertiary/aromatic N) is 6. The zero-order chi connectivity index (χ0) is 32.9. The molecule has 46 heavy (non-hydrogen) atoms. The molecule has 0 amide bonds. The second-order valence-electron chi connectivity index (χ2n) is 11.0. The molecule has 1 saturated heterocycles. The Balaban J connectivity index is 1.53. The normalized spacial score (nSPS) is 17.1. The molecule has 0 aliphatic carbocycles. The first-order valence-corrected chi connectivity index (χ1v) is 15.2. The lowest BCUT2D eigenvalue weighted by Gasteiger charge is -2.24. The highest BCUT2D eigenvalue weighted by Crippen LogP contribution is 2.46. The van der Waals surface area contributed by atoms with E-state index in [2.05, 4.69) is 25.3 Å². The number of nitriles is 1. The van der Waals surface area contributed by atoms with Crippen LogP contribution in [-0.2, 0) is 4.74 Å². The predicted molar refractivity (Wildman–Crippen MR) is 170 cm³/mol. The van der Waals surface area contributed by atoms with Crippen molar-refractivity contribution in [1.82, 2.24) is 24.8 Å². The van der Waals surface area contributed by atoms with Crippen LogP contribution in [0.1, 0.15) is 24.1 Å². The summed E-state index contributed by atoms with van der Waals surface area (Å²) in [5, 5.41) is 12.7. The number of halogens is 4. The van der Waals surface area contributed by atoms with Crippen LogP contribution >= 0.6 is 22.9 Å². The highest BCUT2D eigenvalue weighted by Gasteiger charge is 2.33. The number of nitrogen functional groups attached to an aromatic ring is 2. The Bertz CT molecular complexity index is 2040. The topological polar surface area (TPSA) is 161 Å². The van der Waals surface area contributed by atoms with E-state index in [1.54, 1.807) is 0 Å². The van der Waals surface area contributed by atoms with Gasteiger partial charge < -0.3 is 31.2 Å². The van der Waals surface area contributed by atoms with Crippen molar-refractivity contribution in [3.8, 4) is 23.2 Å². The quantitative estimate of drug-likeness (QED) is 0.196. The summed E-state index contributed by atoms with van der Waals surface area (Å²) < 4.78 is 58.8. The van der Waals surface area contributed by atoms with Gasteiger partial charge in [-0.25, -0.2) is 18.2 Å². The van der Waals surface area contributed by atoms with Gasteiger partial charge >= 0.3 is 6.01 Å². The van der Waals surface area contributed by atoms with Gasteiger partial charge in [-0.2, -0.15) is 15.2 Å². The summed E-state index contributed by atoms with van der Waals surface area (Å²) in [6, 6.07) is 3.56. The average molecular weight is 670 g/mol. The van der Waals surface area contributed by atoms with E-state index in [0.29, 0.717) is 18.4 Å². The van der Waals surface area contributed by atoms with E-state index < -0.39 is 34.7 Å². The van der Waals surface area contributed by atoms with Crippen LogP contribution in [0.15, 0.2) is 24.5 Å². The van der Waals surface area contributed by atoms with Gasteiger partial charge in [-0.3, -0.25) is 4.98 Å². The van der Waals surface area contributed by atoms with Gasteiger partial charge in [-0.05, 0) is 20.2 Å². The third-order valence-corrected chi connectivity index (χ3v) is 9.16. The highest BCUT2D eigenvalue weighted by atomic mass is 35.5. The molecule has 4 heterocycles. The number of ether oxygens (including phenoxy) is 2. The number of aromatic nitrogens is 4. The van der Waals surface area contributed by atoms with Gasteiger partial charge in [0, 0.05) is 52.8 Å². The molecule has 1 fully saturated rings. The third kappa shape index (κ3) is 5.47. The van der Waals surface area contributed by atoms with Gasteiger partial charge in [0.15, 0.2) is 5.82 Å². The molecule has 6 rings (SSSR count). The number of anilines is 3. The standard InChI is InChI=1S/C30H27ClF3N9O2S/c1-12(24-27(36)39-5-4-38-24)9-40-29-13-6-15(31)21(22-16(32)7-17(33)26-20(22)14(8-35)28(37)46-26)23(34)25(13)41-30(42-29)45-19-11-44-10-18(19)43(2)3/h4-7,12,18-19H,9-11,37H2,1-3H3,(H2,36,39)(H,40,41,42)/t12-,18-,19+/m1/s1. The first-order valence-electron chi connectivity index (χ1n) is 14.0. The molecule has 5 N–H and O–H groups in total. The van der Waals surface area contributed by atoms with Gasteiger partial charge in [-0.1, -0.05) is 18.5 Å². The molecule has 1 aliphatic heterocycles. The minimum atomic E-state index is -1.13. The monoisotopic (exact) mass is 669 g/mol. The fourth-order valence-corrected chi connectivity index (χ4v) is 6.73. The summed E-state index contributed by atoms with van der Waals surface area (Å²) in [5.74, 6) is -2.92. The van der Waals surface area contributed by atoms with Crippen LogP contribution in [0.25, 0.3) is 32.1 Å². The van der Waals surface area contributed by atoms with Crippen LogP contribution < -0.4 is 21.5 Å². The molecule has 3 atom stereocenters. The average Bonchev–Trinajstić information content (AvgIpc) is 3.62. The van der Waals surface area contributed by atoms with E-state index in [1.165, 1.54) is 18.5 Å². The summed E-state index contributed by atoms with van der Waals surface area (Å²) >= 11 is 7.41. The molecule has 2 aromatic carbocycles. The smallest absolute Gasteiger partial charge is 0.319 e. The van der Waals surface area contributed by atoms with Crippen LogP contribution in [-0.4, -0.2) is 70.8 Å². The van der Waals surface area contributed by atoms with Gasteiger partial charge in [0.2, 0.25) is 0 Å². The van der Waals surface area contributed by atoms with Crippen molar-refractivity contribution >= 4 is 60.6 Å². The number of rotatable bonds is 8. The SMILES string of the molecule is C[C@H](CNc1nc(O[C@H]2COC[C@H]2N(C)C)nc2c(F)c(-c3c(F)cc(F)c4sc(N)c(C#N)c34)c(Cl)cc12)c1nccnc1N. The third-order valence-electron chi connectivity index (χ3n) is 7.84. The maximum Gasteiger partial charge on any atom is 0.319 e. The minimum absolute atomic E-state index is 0.0443. The largest absolute Gasteiger partial charge is 0.456 e. The number of nitrogens with one attached hydrogen (secondary N) is 1. The molecular weight excluding hydrogens is 643 g/mol. The van der Waals surface area contributed by atoms with Crippen LogP contribution in [0.3, 0.4) is 0 Å². The molecule has 3 aromatic heterocycles. The van der Waals surface area contributed by atoms with E-state index in [9.17, 15) is 9.65 Å². The summed E-state index contributed by atoms with van der Waals surface area (Å²) in [6.07, 6.45) is 2.54. The first kappa shape index (κ1) is 31.5. The summed E-state index contributed by atoms with van der Waals surface area (Å²) in [6.45, 7) is 2.78. The van der Waals surface area contributed by atoms with Crippen LogP contribution in [0, 0.1) is 28.8 Å². The zero-order valence-electron chi connectivity index (χ0n) is 24.7. The van der Waals surface area contributed by atoms with E-state index in [4.69, 9.17) is 32.5 Å². The fraction of sp³-hybridized carbons (Fsp3) is 0.300. The number of likely N-dealkylation sites (N-methyl/N-ethyl adjacent to an activating group) is 1. The van der Waals surface area contributed by atoms with Crippen LogP contribution in [0.4, 0.5) is 29.8 Å². The van der Waals surface area contributed by atoms with Crippen molar-refractivity contribution in [3.05, 3.63) is 58.3 Å². The summed E-state index contributed by atoms with van der Waals surface area (Å²) in [5.41, 5.74) is 11.3. The number of hydrogen-bond acceptors (Lipinski definition) is 12. The lowest BCUT2D eigenvalue weighted by Crippen LogP contribution is -2.41. The molecule has 0 saturated carbocycles. The van der Waals surface area contributed by atoms with Gasteiger partial charge in [0.1, 0.15) is 46.0 Å². The van der Waals surface area contributed by atoms with Gasteiger partial charge in [-0.15, -0.1) is 11.3 Å². The van der Waals surface area contributed by atoms with Crippen molar-refractivity contribution in [3.63, 3.8) is 0 Å². The Morgan fingerprint density at radius 3 is 2.63 bits per heavy atom. The lowest BCUT2D eigenvalue weighted by molar-refractivity contribution is 0.117. The first-order chi connectivity index (χ1) is 22.0. The Hall–Kier alpha value is -4.49. The predicted octanol–water partition coefficient (Wildman–Crippen LogP) is 5.33. The zero-order valence-corrected chi connectivity index (χ0v) is 26.3. The van der Waals surface area contributed by atoms with Gasteiger partial charge in [0.05, 0.1) is 40.2 Å². The Labute approximate surface area is 269 Å². The van der Waals surface area contributed by atoms with E-state index in [1.807, 2.05) is 32.0 Å². The Morgan fingerprint density at radius 2 is 1.91 bits per heavy atom. The second-order valence-corrected chi connectivity index (χ2v) is 12.5. The number of nitrogens with two attached hydrogens (primary N) is 2. The second kappa shape index (κ2) is 12.4. The molecule has 0 spiro atoms. The van der Waals surface area contributed by atoms with Crippen molar-refractivity contribution in [2.75, 3.05) is 50.6 Å². The molecule has 11 nitrogen and oxygen atoms in total. The Kier molecular flexibility index (Phi) is 8.47. The van der Waals surface area contributed by atoms with E-state index >= 15 is 8.78 Å². The number of thiophene rings is 1. The molecule has 0 bridgehead atoms. The van der Waals surface area contributed by atoms with Crippen molar-refractivity contribution in [2.45, 2.75) is 25.0 Å². The molecule has 16 heteroatoms. The fourth-order valence-electron chi connectivity index (χ4n) is 5.51. The highest BCUT2D eigenvalue weighted by molar-refractivity contribution is 7.23. The van der Waals surface area contributed by atoms with E-state index in [-0.39, 0.29) is 79.3 Å². The number of benzene rings is 2. The van der Waals surface area contributed by atoms with Crippen molar-refractivity contribution in [1.29, 1.82) is 5.26 Å². The van der Waals surface area contributed by atoms with Gasteiger partial charge in [0.25, 0.3) is 0 Å². The van der Waals surface area contributed by atoms with Crippen LogP contribution in [0.5, 0.6) is 6.01 Å². The number of fused-ring (bicyclic) bond motifs is 2. The lowest BCUT2D eigenvalue weighted by atomic mass is 9.96. The molecule has 1 aliphatic rings.